The average molecular weight is 352 g/mol. The molecule has 2 heterocycles. The number of rotatable bonds is 3. The normalized spacial score (nSPS) is 17.3. The molecule has 1 aromatic carbocycles. The van der Waals surface area contributed by atoms with Gasteiger partial charge in [0.25, 0.3) is 0 Å². The van der Waals surface area contributed by atoms with Crippen LogP contribution in [-0.4, -0.2) is 20.8 Å². The zero-order valence-electron chi connectivity index (χ0n) is 15.5. The number of carbonyl (C=O) groups is 1. The molecule has 6 heteroatoms. The second-order valence-electron chi connectivity index (χ2n) is 7.94. The standard InChI is InChI=1S/C20H24N4O2/c1-20(2,3)24-17-9-6-8-15(14(17)12-21-24)22-19(25)11-16-13-7-4-5-10-18(13)26-23-16/h4-5,7,10,12,15H,6,8-9,11H2,1-3H3,(H,22,25)/t15-/m0/s1. The minimum absolute atomic E-state index is 0.0144. The van der Waals surface area contributed by atoms with Gasteiger partial charge in [0.15, 0.2) is 5.58 Å². The third-order valence-electron chi connectivity index (χ3n) is 4.93. The minimum atomic E-state index is -0.0564. The first-order chi connectivity index (χ1) is 12.4. The molecule has 6 nitrogen and oxygen atoms in total. The predicted octanol–water partition coefficient (Wildman–Crippen LogP) is 3.52. The number of nitrogens with zero attached hydrogens (tertiary/aromatic N) is 3. The highest BCUT2D eigenvalue weighted by Crippen LogP contribution is 2.32. The number of hydrogen-bond donors (Lipinski definition) is 1. The summed E-state index contributed by atoms with van der Waals surface area (Å²) in [6.07, 6.45) is 5.13. The van der Waals surface area contributed by atoms with Crippen LogP contribution in [0.1, 0.15) is 56.6 Å². The molecule has 1 amide bonds. The molecule has 4 rings (SSSR count). The molecule has 0 radical (unpaired) electrons. The SMILES string of the molecule is CC(C)(C)n1ncc2c1CCC[C@@H]2NC(=O)Cc1noc2ccccc12. The Morgan fingerprint density at radius 3 is 2.96 bits per heavy atom. The average Bonchev–Trinajstić information content (AvgIpc) is 3.20. The van der Waals surface area contributed by atoms with Crippen molar-refractivity contribution in [1.29, 1.82) is 0 Å². The molecule has 1 N–H and O–H groups in total. The number of aromatic nitrogens is 3. The van der Waals surface area contributed by atoms with Gasteiger partial charge in [-0.05, 0) is 52.2 Å². The van der Waals surface area contributed by atoms with Crippen LogP contribution in [0.2, 0.25) is 0 Å². The first-order valence-electron chi connectivity index (χ1n) is 9.13. The van der Waals surface area contributed by atoms with Crippen molar-refractivity contribution < 1.29 is 9.32 Å². The summed E-state index contributed by atoms with van der Waals surface area (Å²) in [5, 5.41) is 12.7. The van der Waals surface area contributed by atoms with Crippen LogP contribution >= 0.6 is 0 Å². The fourth-order valence-corrected chi connectivity index (χ4v) is 3.75. The molecular formula is C20H24N4O2. The molecule has 1 atom stereocenters. The van der Waals surface area contributed by atoms with Gasteiger partial charge in [0.1, 0.15) is 5.69 Å². The first kappa shape index (κ1) is 16.8. The molecule has 0 saturated carbocycles. The summed E-state index contributed by atoms with van der Waals surface area (Å²) in [4.78, 5) is 12.6. The van der Waals surface area contributed by atoms with E-state index in [9.17, 15) is 4.79 Å². The predicted molar refractivity (Wildman–Crippen MR) is 98.8 cm³/mol. The van der Waals surface area contributed by atoms with E-state index in [0.717, 1.165) is 30.2 Å². The zero-order valence-corrected chi connectivity index (χ0v) is 15.5. The summed E-state index contributed by atoms with van der Waals surface area (Å²) in [6.45, 7) is 6.45. The van der Waals surface area contributed by atoms with Crippen LogP contribution in [0.3, 0.4) is 0 Å². The fraction of sp³-hybridized carbons (Fsp3) is 0.450. The van der Waals surface area contributed by atoms with Crippen LogP contribution in [0.5, 0.6) is 0 Å². The van der Waals surface area contributed by atoms with E-state index in [-0.39, 0.29) is 23.9 Å². The van der Waals surface area contributed by atoms with Gasteiger partial charge in [0.2, 0.25) is 5.91 Å². The molecule has 3 aromatic rings. The van der Waals surface area contributed by atoms with E-state index < -0.39 is 0 Å². The smallest absolute Gasteiger partial charge is 0.226 e. The maximum absolute atomic E-state index is 12.6. The lowest BCUT2D eigenvalue weighted by molar-refractivity contribution is -0.121. The maximum atomic E-state index is 12.6. The van der Waals surface area contributed by atoms with Crippen molar-refractivity contribution in [2.45, 2.75) is 58.0 Å². The maximum Gasteiger partial charge on any atom is 0.226 e. The lowest BCUT2D eigenvalue weighted by atomic mass is 9.92. The van der Waals surface area contributed by atoms with E-state index in [1.165, 1.54) is 5.69 Å². The lowest BCUT2D eigenvalue weighted by Gasteiger charge is -2.28. The molecule has 0 bridgehead atoms. The van der Waals surface area contributed by atoms with Crippen molar-refractivity contribution in [3.05, 3.63) is 47.4 Å². The van der Waals surface area contributed by atoms with Crippen molar-refractivity contribution in [2.24, 2.45) is 0 Å². The molecule has 136 valence electrons. The van der Waals surface area contributed by atoms with E-state index in [2.05, 4.69) is 41.0 Å². The summed E-state index contributed by atoms with van der Waals surface area (Å²) >= 11 is 0. The van der Waals surface area contributed by atoms with Crippen LogP contribution in [0.15, 0.2) is 35.0 Å². The molecule has 0 spiro atoms. The number of nitrogens with one attached hydrogen (secondary N) is 1. The van der Waals surface area contributed by atoms with E-state index in [4.69, 9.17) is 4.52 Å². The van der Waals surface area contributed by atoms with E-state index in [0.29, 0.717) is 11.3 Å². The largest absolute Gasteiger partial charge is 0.356 e. The van der Waals surface area contributed by atoms with Gasteiger partial charge >= 0.3 is 0 Å². The van der Waals surface area contributed by atoms with Gasteiger partial charge < -0.3 is 9.84 Å². The molecule has 0 unspecified atom stereocenters. The summed E-state index contributed by atoms with van der Waals surface area (Å²) in [5.41, 5.74) is 3.71. The quantitative estimate of drug-likeness (QED) is 0.783. The van der Waals surface area contributed by atoms with Crippen LogP contribution in [0.25, 0.3) is 11.0 Å². The minimum Gasteiger partial charge on any atom is -0.356 e. The Hall–Kier alpha value is -2.63. The lowest BCUT2D eigenvalue weighted by Crippen LogP contribution is -2.33. The molecular weight excluding hydrogens is 328 g/mol. The van der Waals surface area contributed by atoms with Gasteiger partial charge in [-0.3, -0.25) is 9.48 Å². The van der Waals surface area contributed by atoms with Crippen molar-refractivity contribution in [3.8, 4) is 0 Å². The van der Waals surface area contributed by atoms with Crippen molar-refractivity contribution in [3.63, 3.8) is 0 Å². The van der Waals surface area contributed by atoms with E-state index in [1.807, 2.05) is 30.5 Å². The second kappa shape index (κ2) is 6.27. The van der Waals surface area contributed by atoms with Gasteiger partial charge in [-0.15, -0.1) is 0 Å². The second-order valence-corrected chi connectivity index (χ2v) is 7.94. The Labute approximate surface area is 152 Å². The van der Waals surface area contributed by atoms with Gasteiger partial charge in [0.05, 0.1) is 24.2 Å². The molecule has 2 aromatic heterocycles. The van der Waals surface area contributed by atoms with Gasteiger partial charge in [-0.2, -0.15) is 5.10 Å². The Kier molecular flexibility index (Phi) is 4.05. The number of carbonyl (C=O) groups excluding carboxylic acids is 1. The fourth-order valence-electron chi connectivity index (χ4n) is 3.75. The highest BCUT2D eigenvalue weighted by molar-refractivity contribution is 5.86. The molecule has 1 aliphatic rings. The van der Waals surface area contributed by atoms with E-state index in [1.54, 1.807) is 0 Å². The third kappa shape index (κ3) is 3.00. The van der Waals surface area contributed by atoms with Crippen molar-refractivity contribution in [1.82, 2.24) is 20.3 Å². The summed E-state index contributed by atoms with van der Waals surface area (Å²) in [7, 11) is 0. The van der Waals surface area contributed by atoms with Crippen LogP contribution in [0.4, 0.5) is 0 Å². The number of fused-ring (bicyclic) bond motifs is 2. The van der Waals surface area contributed by atoms with Crippen molar-refractivity contribution in [2.75, 3.05) is 0 Å². The number of hydrogen-bond acceptors (Lipinski definition) is 4. The number of amides is 1. The molecule has 26 heavy (non-hydrogen) atoms. The first-order valence-corrected chi connectivity index (χ1v) is 9.13. The van der Waals surface area contributed by atoms with Crippen LogP contribution in [0, 0.1) is 0 Å². The highest BCUT2D eigenvalue weighted by atomic mass is 16.5. The summed E-state index contributed by atoms with van der Waals surface area (Å²) in [5.74, 6) is -0.0367. The Balaban J connectivity index is 1.52. The Bertz CT molecular complexity index is 948. The highest BCUT2D eigenvalue weighted by Gasteiger charge is 2.29. The van der Waals surface area contributed by atoms with Crippen LogP contribution in [-0.2, 0) is 23.2 Å². The number of benzene rings is 1. The zero-order chi connectivity index (χ0) is 18.3. The molecule has 0 fully saturated rings. The van der Waals surface area contributed by atoms with Gasteiger partial charge in [-0.1, -0.05) is 17.3 Å². The summed E-state index contributed by atoms with van der Waals surface area (Å²) < 4.78 is 7.38. The van der Waals surface area contributed by atoms with Crippen LogP contribution < -0.4 is 5.32 Å². The monoisotopic (exact) mass is 352 g/mol. The topological polar surface area (TPSA) is 73.0 Å². The summed E-state index contributed by atoms with van der Waals surface area (Å²) in [6, 6.07) is 7.63. The Morgan fingerprint density at radius 1 is 1.35 bits per heavy atom. The van der Waals surface area contributed by atoms with Gasteiger partial charge in [-0.25, -0.2) is 0 Å². The molecule has 1 aliphatic carbocycles. The molecule has 0 saturated heterocycles. The van der Waals surface area contributed by atoms with Crippen molar-refractivity contribution >= 4 is 16.9 Å². The molecule has 0 aliphatic heterocycles. The van der Waals surface area contributed by atoms with Gasteiger partial charge in [0, 0.05) is 16.6 Å². The third-order valence-corrected chi connectivity index (χ3v) is 4.93. The van der Waals surface area contributed by atoms with E-state index >= 15 is 0 Å². The Morgan fingerprint density at radius 2 is 2.15 bits per heavy atom. The number of para-hydroxylation sites is 1.